The highest BCUT2D eigenvalue weighted by atomic mass is 19.4. The Bertz CT molecular complexity index is 692. The number of nitrogens with one attached hydrogen (secondary N) is 1. The third-order valence-corrected chi connectivity index (χ3v) is 3.53. The molecule has 0 aliphatic carbocycles. The van der Waals surface area contributed by atoms with Gasteiger partial charge in [-0.3, -0.25) is 9.20 Å². The summed E-state index contributed by atoms with van der Waals surface area (Å²) in [5.41, 5.74) is -0.700. The molecule has 1 aliphatic rings. The van der Waals surface area contributed by atoms with E-state index in [1.807, 2.05) is 0 Å². The number of amides is 1. The van der Waals surface area contributed by atoms with Crippen LogP contribution in [0.15, 0.2) is 18.3 Å². The predicted molar refractivity (Wildman–Crippen MR) is 68.8 cm³/mol. The van der Waals surface area contributed by atoms with Crippen molar-refractivity contribution in [1.29, 1.82) is 0 Å². The van der Waals surface area contributed by atoms with Gasteiger partial charge in [-0.1, -0.05) is 0 Å². The Labute approximate surface area is 123 Å². The first kappa shape index (κ1) is 14.8. The molecule has 1 fully saturated rings. The quantitative estimate of drug-likeness (QED) is 0.930. The molecule has 0 bridgehead atoms. The minimum atomic E-state index is -4.43. The van der Waals surface area contributed by atoms with E-state index in [1.165, 1.54) is 10.6 Å². The predicted octanol–water partition coefficient (Wildman–Crippen LogP) is 1.40. The molecule has 3 heterocycles. The highest BCUT2D eigenvalue weighted by Crippen LogP contribution is 2.29. The number of fused-ring (bicyclic) bond motifs is 1. The Balaban J connectivity index is 1.73. The van der Waals surface area contributed by atoms with E-state index in [0.717, 1.165) is 12.1 Å². The van der Waals surface area contributed by atoms with Crippen LogP contribution in [-0.4, -0.2) is 33.7 Å². The number of ether oxygens (including phenoxy) is 1. The van der Waals surface area contributed by atoms with Gasteiger partial charge < -0.3 is 10.1 Å². The molecule has 1 aliphatic heterocycles. The van der Waals surface area contributed by atoms with Crippen molar-refractivity contribution in [2.45, 2.75) is 19.1 Å². The van der Waals surface area contributed by atoms with E-state index in [9.17, 15) is 18.0 Å². The molecule has 0 spiro atoms. The number of hydrogen-bond donors (Lipinski definition) is 1. The molecule has 9 heteroatoms. The maximum absolute atomic E-state index is 12.6. The summed E-state index contributed by atoms with van der Waals surface area (Å²) in [4.78, 5) is 11.9. The molecule has 6 nitrogen and oxygen atoms in total. The number of hydrogen-bond acceptors (Lipinski definition) is 4. The average molecular weight is 314 g/mol. The van der Waals surface area contributed by atoms with Crippen LogP contribution in [0.3, 0.4) is 0 Å². The summed E-state index contributed by atoms with van der Waals surface area (Å²) < 4.78 is 44.4. The fraction of sp³-hybridized carbons (Fsp3) is 0.462. The summed E-state index contributed by atoms with van der Waals surface area (Å²) >= 11 is 0. The number of aromatic nitrogens is 3. The van der Waals surface area contributed by atoms with Gasteiger partial charge in [0.25, 0.3) is 0 Å². The van der Waals surface area contributed by atoms with Crippen molar-refractivity contribution in [3.8, 4) is 0 Å². The molecule has 1 amide bonds. The molecule has 22 heavy (non-hydrogen) atoms. The van der Waals surface area contributed by atoms with Crippen molar-refractivity contribution in [1.82, 2.24) is 19.9 Å². The highest BCUT2D eigenvalue weighted by molar-refractivity contribution is 5.78. The number of alkyl halides is 3. The molecule has 1 atom stereocenters. The summed E-state index contributed by atoms with van der Waals surface area (Å²) in [5, 5.41) is 10.2. The lowest BCUT2D eigenvalue weighted by Gasteiger charge is -2.09. The number of carbonyl (C=O) groups excluding carboxylic acids is 1. The van der Waals surface area contributed by atoms with Crippen LogP contribution in [0.5, 0.6) is 0 Å². The first-order valence-electron chi connectivity index (χ1n) is 6.71. The van der Waals surface area contributed by atoms with Crippen molar-refractivity contribution in [2.24, 2.45) is 5.92 Å². The smallest absolute Gasteiger partial charge is 0.381 e. The van der Waals surface area contributed by atoms with E-state index in [4.69, 9.17) is 4.74 Å². The second-order valence-electron chi connectivity index (χ2n) is 5.04. The van der Waals surface area contributed by atoms with Crippen molar-refractivity contribution < 1.29 is 22.7 Å². The van der Waals surface area contributed by atoms with Crippen LogP contribution in [0.4, 0.5) is 13.2 Å². The third-order valence-electron chi connectivity index (χ3n) is 3.53. The first-order valence-corrected chi connectivity index (χ1v) is 6.71. The summed E-state index contributed by atoms with van der Waals surface area (Å²) in [6.45, 7) is 1.05. The maximum atomic E-state index is 12.6. The van der Waals surface area contributed by atoms with Gasteiger partial charge >= 0.3 is 6.18 Å². The Morgan fingerprint density at radius 2 is 2.27 bits per heavy atom. The third kappa shape index (κ3) is 2.89. The van der Waals surface area contributed by atoms with Crippen molar-refractivity contribution >= 4 is 11.6 Å². The lowest BCUT2D eigenvalue weighted by atomic mass is 10.1. The largest absolute Gasteiger partial charge is 0.416 e. The Morgan fingerprint density at radius 3 is 2.95 bits per heavy atom. The molecule has 1 unspecified atom stereocenters. The van der Waals surface area contributed by atoms with Crippen molar-refractivity contribution in [3.05, 3.63) is 29.7 Å². The van der Waals surface area contributed by atoms with Crippen molar-refractivity contribution in [3.63, 3.8) is 0 Å². The van der Waals surface area contributed by atoms with Gasteiger partial charge in [0.05, 0.1) is 24.6 Å². The van der Waals surface area contributed by atoms with Gasteiger partial charge in [-0.15, -0.1) is 10.2 Å². The number of carbonyl (C=O) groups is 1. The fourth-order valence-corrected chi connectivity index (χ4v) is 2.29. The van der Waals surface area contributed by atoms with Gasteiger partial charge in [-0.05, 0) is 18.6 Å². The summed E-state index contributed by atoms with van der Waals surface area (Å²) in [7, 11) is 0. The molecule has 0 saturated carbocycles. The fourth-order valence-electron chi connectivity index (χ4n) is 2.29. The number of rotatable bonds is 3. The molecule has 2 aromatic rings. The normalized spacial score (nSPS) is 18.8. The molecule has 2 aromatic heterocycles. The van der Waals surface area contributed by atoms with Gasteiger partial charge in [0.15, 0.2) is 11.5 Å². The summed E-state index contributed by atoms with van der Waals surface area (Å²) in [6, 6.07) is 1.87. The number of pyridine rings is 1. The maximum Gasteiger partial charge on any atom is 0.416 e. The van der Waals surface area contributed by atoms with Crippen LogP contribution < -0.4 is 5.32 Å². The second kappa shape index (κ2) is 5.56. The molecular formula is C13H13F3N4O2. The van der Waals surface area contributed by atoms with Crippen LogP contribution >= 0.6 is 0 Å². The van der Waals surface area contributed by atoms with Crippen LogP contribution in [0.25, 0.3) is 5.65 Å². The molecule has 3 rings (SSSR count). The van der Waals surface area contributed by atoms with Crippen LogP contribution in [0.1, 0.15) is 17.8 Å². The standard InChI is InChI=1S/C13H13F3N4O2/c14-13(15,16)9-1-3-20-10(5-9)18-19-11(20)6-17-12(21)8-2-4-22-7-8/h1,3,5,8H,2,4,6-7H2,(H,17,21). The summed E-state index contributed by atoms with van der Waals surface area (Å²) in [5.74, 6) is 0.0353. The molecule has 118 valence electrons. The van der Waals surface area contributed by atoms with Crippen LogP contribution in [0, 0.1) is 5.92 Å². The minimum absolute atomic E-state index is 0.0864. The van der Waals surface area contributed by atoms with E-state index in [0.29, 0.717) is 25.5 Å². The molecule has 1 N–H and O–H groups in total. The first-order chi connectivity index (χ1) is 10.4. The van der Waals surface area contributed by atoms with Gasteiger partial charge in [0, 0.05) is 12.8 Å². The minimum Gasteiger partial charge on any atom is -0.381 e. The molecule has 0 radical (unpaired) electrons. The van der Waals surface area contributed by atoms with Gasteiger partial charge in [0.1, 0.15) is 0 Å². The number of nitrogens with zero attached hydrogens (tertiary/aromatic N) is 3. The second-order valence-corrected chi connectivity index (χ2v) is 5.04. The molecule has 1 saturated heterocycles. The van der Waals surface area contributed by atoms with E-state index in [1.54, 1.807) is 0 Å². The number of halogens is 3. The Kier molecular flexibility index (Phi) is 3.73. The average Bonchev–Trinajstić information content (AvgIpc) is 3.13. The SMILES string of the molecule is O=C(NCc1nnc2cc(C(F)(F)F)ccn12)C1CCOC1. The zero-order valence-corrected chi connectivity index (χ0v) is 11.4. The van der Waals surface area contributed by atoms with Crippen molar-refractivity contribution in [2.75, 3.05) is 13.2 Å². The highest BCUT2D eigenvalue weighted by Gasteiger charge is 2.31. The lowest BCUT2D eigenvalue weighted by Crippen LogP contribution is -2.31. The van der Waals surface area contributed by atoms with Gasteiger partial charge in [0.2, 0.25) is 5.91 Å². The van der Waals surface area contributed by atoms with Crippen LogP contribution in [-0.2, 0) is 22.3 Å². The van der Waals surface area contributed by atoms with E-state index >= 15 is 0 Å². The zero-order valence-electron chi connectivity index (χ0n) is 11.4. The Morgan fingerprint density at radius 1 is 1.45 bits per heavy atom. The zero-order chi connectivity index (χ0) is 15.7. The Hall–Kier alpha value is -2.16. The monoisotopic (exact) mass is 314 g/mol. The van der Waals surface area contributed by atoms with E-state index in [-0.39, 0.29) is 24.0 Å². The lowest BCUT2D eigenvalue weighted by molar-refractivity contribution is -0.137. The molecular weight excluding hydrogens is 301 g/mol. The van der Waals surface area contributed by atoms with Crippen LogP contribution in [0.2, 0.25) is 0 Å². The van der Waals surface area contributed by atoms with Gasteiger partial charge in [-0.25, -0.2) is 0 Å². The topological polar surface area (TPSA) is 68.5 Å². The summed E-state index contributed by atoms with van der Waals surface area (Å²) in [6.07, 6.45) is -2.51. The molecule has 0 aromatic carbocycles. The van der Waals surface area contributed by atoms with E-state index in [2.05, 4.69) is 15.5 Å². The van der Waals surface area contributed by atoms with E-state index < -0.39 is 11.7 Å². The van der Waals surface area contributed by atoms with Gasteiger partial charge in [-0.2, -0.15) is 13.2 Å².